The van der Waals surface area contributed by atoms with Gasteiger partial charge < -0.3 is 18.3 Å². The molecule has 0 bridgehead atoms. The monoisotopic (exact) mass is 1350 g/mol. The summed E-state index contributed by atoms with van der Waals surface area (Å²) in [5.41, 5.74) is 35.1. The van der Waals surface area contributed by atoms with Crippen molar-refractivity contribution in [2.24, 2.45) is 0 Å². The standard InChI is InChI=1S/2C51H36N2/c2*1-51(2)44-19-9-6-15-39(44)40-29-28-37(32-45(40)51)53-47-21-11-8-17-42(47)50-38(18-12-22-49(50)53)35-25-30-48-43(31-35)41-16-7-10-20-46(41)52(48)36-26-23-34(24-27-36)33-13-4-3-5-14-33/h2*3-32H,1-2H3. The molecule has 4 aromatic heterocycles. The van der Waals surface area contributed by atoms with Crippen LogP contribution in [-0.2, 0) is 10.8 Å². The average Bonchev–Trinajstić information content (AvgIpc) is 1.57. The van der Waals surface area contributed by atoms with Crippen LogP contribution in [0.15, 0.2) is 364 Å². The van der Waals surface area contributed by atoms with E-state index in [-0.39, 0.29) is 10.8 Å². The molecule has 0 amide bonds. The number of para-hydroxylation sites is 4. The van der Waals surface area contributed by atoms with Gasteiger partial charge in [0.15, 0.2) is 0 Å². The van der Waals surface area contributed by atoms with Crippen LogP contribution < -0.4 is 0 Å². The second-order valence-electron chi connectivity index (χ2n) is 29.9. The quantitative estimate of drug-likeness (QED) is 0.144. The first kappa shape index (κ1) is 61.4. The van der Waals surface area contributed by atoms with Crippen LogP contribution in [0.25, 0.3) is 177 Å². The van der Waals surface area contributed by atoms with Gasteiger partial charge in [-0.1, -0.05) is 282 Å². The molecule has 4 heteroatoms. The second kappa shape index (κ2) is 23.6. The van der Waals surface area contributed by atoms with E-state index in [2.05, 4.69) is 410 Å². The zero-order chi connectivity index (χ0) is 70.5. The largest absolute Gasteiger partial charge is 0.309 e. The highest BCUT2D eigenvalue weighted by atomic mass is 15.0. The van der Waals surface area contributed by atoms with E-state index in [9.17, 15) is 0 Å². The third-order valence-corrected chi connectivity index (χ3v) is 23.5. The summed E-state index contributed by atoms with van der Waals surface area (Å²) in [5.74, 6) is 0. The molecule has 16 aromatic carbocycles. The van der Waals surface area contributed by atoms with Gasteiger partial charge in [-0.2, -0.15) is 0 Å². The second-order valence-corrected chi connectivity index (χ2v) is 29.9. The van der Waals surface area contributed by atoms with Crippen molar-refractivity contribution in [2.75, 3.05) is 0 Å². The number of hydrogen-bond acceptors (Lipinski definition) is 0. The van der Waals surface area contributed by atoms with Crippen molar-refractivity contribution in [1.29, 1.82) is 0 Å². The summed E-state index contributed by atoms with van der Waals surface area (Å²) < 4.78 is 9.75. The predicted molar refractivity (Wildman–Crippen MR) is 447 cm³/mol. The molecule has 0 fully saturated rings. The molecule has 0 unspecified atom stereocenters. The lowest BCUT2D eigenvalue weighted by Gasteiger charge is -2.22. The fraction of sp³-hybridized carbons (Fsp3) is 0.0588. The maximum absolute atomic E-state index is 2.47. The summed E-state index contributed by atoms with van der Waals surface area (Å²) in [6.45, 7) is 9.44. The molecule has 0 saturated carbocycles. The van der Waals surface area contributed by atoms with Gasteiger partial charge in [-0.05, 0) is 198 Å². The molecule has 500 valence electrons. The molecule has 0 radical (unpaired) electrons. The molecule has 0 N–H and O–H groups in total. The smallest absolute Gasteiger partial charge is 0.0547 e. The Morgan fingerprint density at radius 1 is 0.170 bits per heavy atom. The van der Waals surface area contributed by atoms with Crippen molar-refractivity contribution in [3.05, 3.63) is 386 Å². The molecule has 2 aliphatic rings. The van der Waals surface area contributed by atoms with Crippen LogP contribution in [0.2, 0.25) is 0 Å². The van der Waals surface area contributed by atoms with E-state index in [0.717, 1.165) is 11.4 Å². The lowest BCUT2D eigenvalue weighted by atomic mass is 9.82. The third kappa shape index (κ3) is 9.27. The number of aromatic nitrogens is 4. The van der Waals surface area contributed by atoms with Crippen molar-refractivity contribution in [2.45, 2.75) is 38.5 Å². The van der Waals surface area contributed by atoms with E-state index in [1.165, 1.54) is 188 Å². The molecule has 0 aliphatic heterocycles. The van der Waals surface area contributed by atoms with Gasteiger partial charge >= 0.3 is 0 Å². The predicted octanol–water partition coefficient (Wildman–Crippen LogP) is 27.0. The van der Waals surface area contributed by atoms with Crippen molar-refractivity contribution in [1.82, 2.24) is 18.3 Å². The van der Waals surface area contributed by atoms with Gasteiger partial charge in [0.2, 0.25) is 0 Å². The molecule has 0 saturated heterocycles. The van der Waals surface area contributed by atoms with Crippen molar-refractivity contribution in [3.63, 3.8) is 0 Å². The maximum Gasteiger partial charge on any atom is 0.0547 e. The SMILES string of the molecule is CC1(C)c2ccccc2-c2ccc(-n3c4ccccc4c4c(-c5ccc6c(c5)c5ccccc5n6-c5ccc(-c6ccccc6)cc5)cccc43)cc21.CC1(C)c2ccccc2-c2ccc(-n3c4ccccc4c4c(-c5ccc6c(c5)c5ccccc5n6-c5ccc(-c6ccccc6)cc5)cccc43)cc21. The van der Waals surface area contributed by atoms with Crippen molar-refractivity contribution < 1.29 is 0 Å². The van der Waals surface area contributed by atoms with Gasteiger partial charge in [0.25, 0.3) is 0 Å². The molecule has 2 aliphatic carbocycles. The number of benzene rings is 16. The fourth-order valence-corrected chi connectivity index (χ4v) is 18.4. The maximum atomic E-state index is 2.47. The molecule has 0 atom stereocenters. The Kier molecular flexibility index (Phi) is 13.7. The lowest BCUT2D eigenvalue weighted by Crippen LogP contribution is -2.15. The Labute approximate surface area is 615 Å². The summed E-state index contributed by atoms with van der Waals surface area (Å²) in [5, 5.41) is 10.1. The third-order valence-electron chi connectivity index (χ3n) is 23.5. The molecule has 4 nitrogen and oxygen atoms in total. The molecule has 22 rings (SSSR count). The average molecular weight is 1350 g/mol. The molecule has 4 heterocycles. The topological polar surface area (TPSA) is 19.7 Å². The summed E-state index contributed by atoms with van der Waals surface area (Å²) in [6, 6.07) is 134. The fourth-order valence-electron chi connectivity index (χ4n) is 18.4. The molecule has 0 spiro atoms. The van der Waals surface area contributed by atoms with Crippen LogP contribution in [0, 0.1) is 0 Å². The molecule has 106 heavy (non-hydrogen) atoms. The van der Waals surface area contributed by atoms with Crippen molar-refractivity contribution in [3.8, 4) is 89.5 Å². The van der Waals surface area contributed by atoms with Gasteiger partial charge in [-0.25, -0.2) is 0 Å². The first-order valence-corrected chi connectivity index (χ1v) is 37.1. The van der Waals surface area contributed by atoms with Crippen LogP contribution in [0.1, 0.15) is 49.9 Å². The summed E-state index contributed by atoms with van der Waals surface area (Å²) in [7, 11) is 0. The Bertz CT molecular complexity index is 6550. The highest BCUT2D eigenvalue weighted by molar-refractivity contribution is 6.19. The van der Waals surface area contributed by atoms with E-state index in [1.807, 2.05) is 0 Å². The first-order valence-electron chi connectivity index (χ1n) is 37.1. The number of hydrogen-bond donors (Lipinski definition) is 0. The summed E-state index contributed by atoms with van der Waals surface area (Å²) in [6.07, 6.45) is 0. The number of rotatable bonds is 8. The van der Waals surface area contributed by atoms with E-state index in [1.54, 1.807) is 0 Å². The molecule has 20 aromatic rings. The van der Waals surface area contributed by atoms with Crippen LogP contribution in [0.3, 0.4) is 0 Å². The molecular weight excluding hydrogens is 1280 g/mol. The normalized spacial score (nSPS) is 13.2. The number of nitrogens with zero attached hydrogens (tertiary/aromatic N) is 4. The van der Waals surface area contributed by atoms with E-state index in [0.29, 0.717) is 0 Å². The zero-order valence-corrected chi connectivity index (χ0v) is 59.4. The Balaban J connectivity index is 0.000000136. The first-order chi connectivity index (χ1) is 52.1. The van der Waals surface area contributed by atoms with E-state index >= 15 is 0 Å². The Morgan fingerprint density at radius 3 is 0.868 bits per heavy atom. The van der Waals surface area contributed by atoms with Gasteiger partial charge in [0.1, 0.15) is 0 Å². The van der Waals surface area contributed by atoms with Gasteiger partial charge in [-0.3, -0.25) is 0 Å². The summed E-state index contributed by atoms with van der Waals surface area (Å²) >= 11 is 0. The van der Waals surface area contributed by atoms with E-state index in [4.69, 9.17) is 0 Å². The van der Waals surface area contributed by atoms with Gasteiger partial charge in [0.05, 0.1) is 44.1 Å². The minimum Gasteiger partial charge on any atom is -0.309 e. The minimum absolute atomic E-state index is 0.0651. The van der Waals surface area contributed by atoms with Gasteiger partial charge in [0, 0.05) is 76.7 Å². The molecular formula is C102H72N4. The summed E-state index contributed by atoms with van der Waals surface area (Å²) in [4.78, 5) is 0. The number of fused-ring (bicyclic) bond motifs is 18. The highest BCUT2D eigenvalue weighted by Gasteiger charge is 2.37. The zero-order valence-electron chi connectivity index (χ0n) is 59.4. The lowest BCUT2D eigenvalue weighted by molar-refractivity contribution is 0.660. The van der Waals surface area contributed by atoms with Crippen LogP contribution >= 0.6 is 0 Å². The van der Waals surface area contributed by atoms with Crippen LogP contribution in [-0.4, -0.2) is 18.3 Å². The Hall–Kier alpha value is -13.3. The van der Waals surface area contributed by atoms with Crippen LogP contribution in [0.5, 0.6) is 0 Å². The Morgan fingerprint density at radius 2 is 0.453 bits per heavy atom. The van der Waals surface area contributed by atoms with Crippen LogP contribution in [0.4, 0.5) is 0 Å². The highest BCUT2D eigenvalue weighted by Crippen LogP contribution is 2.53. The van der Waals surface area contributed by atoms with Gasteiger partial charge in [-0.15, -0.1) is 0 Å². The van der Waals surface area contributed by atoms with Crippen molar-refractivity contribution >= 4 is 87.2 Å². The van der Waals surface area contributed by atoms with E-state index < -0.39 is 0 Å². The minimum atomic E-state index is -0.0651.